The van der Waals surface area contributed by atoms with Crippen molar-refractivity contribution in [2.24, 2.45) is 5.92 Å². The van der Waals surface area contributed by atoms with E-state index in [9.17, 15) is 9.59 Å². The van der Waals surface area contributed by atoms with E-state index in [0.717, 1.165) is 5.56 Å². The van der Waals surface area contributed by atoms with Gasteiger partial charge in [0.15, 0.2) is 11.5 Å². The molecule has 0 spiro atoms. The van der Waals surface area contributed by atoms with Crippen LogP contribution in [-0.4, -0.2) is 25.7 Å². The third-order valence-corrected chi connectivity index (χ3v) is 4.93. The molecule has 0 fully saturated rings. The minimum Gasteiger partial charge on any atom is -0.493 e. The number of hydrogen-bond acceptors (Lipinski definition) is 5. The van der Waals surface area contributed by atoms with Crippen molar-refractivity contribution in [3.05, 3.63) is 70.9 Å². The lowest BCUT2D eigenvalue weighted by Gasteiger charge is -2.31. The fourth-order valence-electron chi connectivity index (χ4n) is 3.44. The molecule has 31 heavy (non-hydrogen) atoms. The van der Waals surface area contributed by atoms with Crippen LogP contribution < -0.4 is 20.1 Å². The minimum atomic E-state index is -0.665. The molecule has 164 valence electrons. The van der Waals surface area contributed by atoms with Crippen molar-refractivity contribution < 1.29 is 23.8 Å². The highest BCUT2D eigenvalue weighted by Crippen LogP contribution is 2.36. The first-order valence-corrected chi connectivity index (χ1v) is 10.3. The van der Waals surface area contributed by atoms with Crippen LogP contribution >= 0.6 is 0 Å². The molecule has 1 aliphatic rings. The van der Waals surface area contributed by atoms with Crippen LogP contribution in [0.15, 0.2) is 59.8 Å². The Morgan fingerprint density at radius 2 is 1.84 bits per heavy atom. The Balaban J connectivity index is 1.94. The van der Waals surface area contributed by atoms with Crippen molar-refractivity contribution in [3.8, 4) is 11.5 Å². The molecule has 7 heteroatoms. The van der Waals surface area contributed by atoms with Crippen LogP contribution in [0.4, 0.5) is 4.79 Å². The Morgan fingerprint density at radius 1 is 1.10 bits per heavy atom. The molecule has 3 rings (SSSR count). The third-order valence-electron chi connectivity index (χ3n) is 4.93. The standard InChI is InChI=1S/C24H28N2O5/c1-5-30-23(27)20-21(15(2)3)25-24(28)26-22(20)17-11-12-18(19(13-17)29-4)31-14-16-9-7-6-8-10-16/h6-13,15,22H,5,14H2,1-4H3,(H2,25,26,28). The topological polar surface area (TPSA) is 85.9 Å². The van der Waals surface area contributed by atoms with Crippen LogP contribution in [0.25, 0.3) is 0 Å². The Morgan fingerprint density at radius 3 is 2.48 bits per heavy atom. The van der Waals surface area contributed by atoms with Crippen LogP contribution in [0, 0.1) is 5.92 Å². The molecule has 0 saturated heterocycles. The highest BCUT2D eigenvalue weighted by molar-refractivity contribution is 5.95. The molecular weight excluding hydrogens is 396 g/mol. The molecule has 0 radical (unpaired) electrons. The quantitative estimate of drug-likeness (QED) is 0.623. The van der Waals surface area contributed by atoms with E-state index in [1.165, 1.54) is 0 Å². The second-order valence-corrected chi connectivity index (χ2v) is 7.42. The fourth-order valence-corrected chi connectivity index (χ4v) is 3.44. The number of allylic oxidation sites excluding steroid dienone is 1. The van der Waals surface area contributed by atoms with Gasteiger partial charge in [-0.15, -0.1) is 0 Å². The molecule has 7 nitrogen and oxygen atoms in total. The molecular formula is C24H28N2O5. The van der Waals surface area contributed by atoms with Crippen molar-refractivity contribution in [2.45, 2.75) is 33.4 Å². The van der Waals surface area contributed by atoms with Crippen LogP contribution in [0.3, 0.4) is 0 Å². The lowest BCUT2D eigenvalue weighted by molar-refractivity contribution is -0.139. The predicted molar refractivity (Wildman–Crippen MR) is 117 cm³/mol. The summed E-state index contributed by atoms with van der Waals surface area (Å²) in [6, 6.07) is 14.2. The van der Waals surface area contributed by atoms with E-state index in [1.807, 2.05) is 50.2 Å². The van der Waals surface area contributed by atoms with E-state index < -0.39 is 12.0 Å². The number of ether oxygens (including phenoxy) is 3. The first-order chi connectivity index (χ1) is 14.9. The van der Waals surface area contributed by atoms with Gasteiger partial charge in [0.2, 0.25) is 0 Å². The van der Waals surface area contributed by atoms with Crippen LogP contribution in [0.2, 0.25) is 0 Å². The summed E-state index contributed by atoms with van der Waals surface area (Å²) in [7, 11) is 1.55. The van der Waals surface area contributed by atoms with Gasteiger partial charge in [0, 0.05) is 5.70 Å². The second-order valence-electron chi connectivity index (χ2n) is 7.42. The maximum atomic E-state index is 12.8. The largest absolute Gasteiger partial charge is 0.493 e. The summed E-state index contributed by atoms with van der Waals surface area (Å²) in [5, 5.41) is 5.59. The zero-order chi connectivity index (χ0) is 22.4. The number of rotatable bonds is 8. The predicted octanol–water partition coefficient (Wildman–Crippen LogP) is 4.10. The Kier molecular flexibility index (Phi) is 7.18. The van der Waals surface area contributed by atoms with Crippen molar-refractivity contribution in [3.63, 3.8) is 0 Å². The number of urea groups is 1. The van der Waals surface area contributed by atoms with Crippen molar-refractivity contribution in [1.29, 1.82) is 0 Å². The number of carbonyl (C=O) groups excluding carboxylic acids is 2. The van der Waals surface area contributed by atoms with E-state index in [0.29, 0.717) is 34.9 Å². The van der Waals surface area contributed by atoms with Gasteiger partial charge in [-0.1, -0.05) is 50.2 Å². The number of amides is 2. The van der Waals surface area contributed by atoms with E-state index in [4.69, 9.17) is 14.2 Å². The molecule has 2 N–H and O–H groups in total. The zero-order valence-electron chi connectivity index (χ0n) is 18.2. The molecule has 1 aliphatic heterocycles. The van der Waals surface area contributed by atoms with Crippen molar-refractivity contribution in [2.75, 3.05) is 13.7 Å². The summed E-state index contributed by atoms with van der Waals surface area (Å²) < 4.78 is 16.7. The smallest absolute Gasteiger partial charge is 0.338 e. The van der Waals surface area contributed by atoms with E-state index in [2.05, 4.69) is 10.6 Å². The number of hydrogen-bond donors (Lipinski definition) is 2. The summed E-state index contributed by atoms with van der Waals surface area (Å²) in [4.78, 5) is 25.1. The van der Waals surface area contributed by atoms with Gasteiger partial charge < -0.3 is 24.8 Å². The molecule has 0 bridgehead atoms. The van der Waals surface area contributed by atoms with Gasteiger partial charge in [0.25, 0.3) is 0 Å². The average Bonchev–Trinajstić information content (AvgIpc) is 2.77. The highest BCUT2D eigenvalue weighted by Gasteiger charge is 2.35. The maximum absolute atomic E-state index is 12.8. The number of methoxy groups -OCH3 is 1. The van der Waals surface area contributed by atoms with E-state index >= 15 is 0 Å². The van der Waals surface area contributed by atoms with Gasteiger partial charge in [0.1, 0.15) is 6.61 Å². The number of benzene rings is 2. The second kappa shape index (κ2) is 10.0. The lowest BCUT2D eigenvalue weighted by atomic mass is 9.91. The molecule has 1 heterocycles. The monoisotopic (exact) mass is 424 g/mol. The van der Waals surface area contributed by atoms with Gasteiger partial charge in [0.05, 0.1) is 25.3 Å². The molecule has 0 aromatic heterocycles. The lowest BCUT2D eigenvalue weighted by Crippen LogP contribution is -2.47. The van der Waals surface area contributed by atoms with E-state index in [-0.39, 0.29) is 18.6 Å². The van der Waals surface area contributed by atoms with Gasteiger partial charge in [-0.2, -0.15) is 0 Å². The number of carbonyl (C=O) groups is 2. The first-order valence-electron chi connectivity index (χ1n) is 10.3. The molecule has 1 atom stereocenters. The summed E-state index contributed by atoms with van der Waals surface area (Å²) in [5.41, 5.74) is 2.67. The van der Waals surface area contributed by atoms with Crippen LogP contribution in [0.1, 0.15) is 37.9 Å². The summed E-state index contributed by atoms with van der Waals surface area (Å²) in [6.07, 6.45) is 0. The first kappa shape index (κ1) is 22.2. The third kappa shape index (κ3) is 5.17. The molecule has 0 saturated carbocycles. The van der Waals surface area contributed by atoms with Crippen LogP contribution in [0.5, 0.6) is 11.5 Å². The molecule has 2 aromatic carbocycles. The van der Waals surface area contributed by atoms with Crippen molar-refractivity contribution in [1.82, 2.24) is 10.6 Å². The van der Waals surface area contributed by atoms with Gasteiger partial charge in [-0.05, 0) is 36.1 Å². The number of nitrogens with one attached hydrogen (secondary N) is 2. The maximum Gasteiger partial charge on any atom is 0.338 e. The molecule has 0 aliphatic carbocycles. The van der Waals surface area contributed by atoms with Gasteiger partial charge >= 0.3 is 12.0 Å². The van der Waals surface area contributed by atoms with E-state index in [1.54, 1.807) is 26.2 Å². The van der Waals surface area contributed by atoms with Gasteiger partial charge in [-0.25, -0.2) is 9.59 Å². The van der Waals surface area contributed by atoms with Crippen LogP contribution in [-0.2, 0) is 16.1 Å². The fraction of sp³-hybridized carbons (Fsp3) is 0.333. The SMILES string of the molecule is CCOC(=O)C1=C(C(C)C)NC(=O)NC1c1ccc(OCc2ccccc2)c(OC)c1. The Bertz CT molecular complexity index is 969. The number of esters is 1. The summed E-state index contributed by atoms with van der Waals surface area (Å²) in [5.74, 6) is 0.548. The normalized spacial score (nSPS) is 15.9. The Labute approximate surface area is 182 Å². The summed E-state index contributed by atoms with van der Waals surface area (Å²) in [6.45, 7) is 6.21. The highest BCUT2D eigenvalue weighted by atomic mass is 16.5. The zero-order valence-corrected chi connectivity index (χ0v) is 18.2. The Hall–Kier alpha value is -3.48. The molecule has 2 amide bonds. The minimum absolute atomic E-state index is 0.0664. The van der Waals surface area contributed by atoms with Gasteiger partial charge in [-0.3, -0.25) is 0 Å². The molecule has 1 unspecified atom stereocenters. The molecule has 2 aromatic rings. The van der Waals surface area contributed by atoms with Crippen molar-refractivity contribution >= 4 is 12.0 Å². The average molecular weight is 424 g/mol. The summed E-state index contributed by atoms with van der Waals surface area (Å²) >= 11 is 0.